The van der Waals surface area contributed by atoms with Crippen LogP contribution >= 0.6 is 11.3 Å². The summed E-state index contributed by atoms with van der Waals surface area (Å²) in [7, 11) is 1.35. The van der Waals surface area contributed by atoms with Gasteiger partial charge in [-0.3, -0.25) is 4.79 Å². The molecule has 0 bridgehead atoms. The fraction of sp³-hybridized carbons (Fsp3) is 0.556. The highest BCUT2D eigenvalue weighted by atomic mass is 32.1. The average Bonchev–Trinajstić information content (AvgIpc) is 3.38. The lowest BCUT2D eigenvalue weighted by molar-refractivity contribution is -0.272. The molecular formula is C18H23F3N6O3S. The summed E-state index contributed by atoms with van der Waals surface area (Å²) in [5, 5.41) is 17.6. The van der Waals surface area contributed by atoms with Gasteiger partial charge in [0.15, 0.2) is 5.13 Å². The van der Waals surface area contributed by atoms with E-state index in [2.05, 4.69) is 20.6 Å². The fourth-order valence-electron chi connectivity index (χ4n) is 3.47. The molecule has 13 heteroatoms. The zero-order valence-corrected chi connectivity index (χ0v) is 17.5. The van der Waals surface area contributed by atoms with Crippen LogP contribution in [0.15, 0.2) is 24.0 Å². The number of thiazole rings is 1. The van der Waals surface area contributed by atoms with Crippen LogP contribution in [0.2, 0.25) is 0 Å². The quantitative estimate of drug-likeness (QED) is 0.611. The molecule has 1 saturated heterocycles. The number of carbonyl (C=O) groups excluding carboxylic acids is 2. The van der Waals surface area contributed by atoms with Crippen molar-refractivity contribution in [2.24, 2.45) is 13.0 Å². The van der Waals surface area contributed by atoms with Gasteiger partial charge in [0.2, 0.25) is 11.5 Å². The van der Waals surface area contributed by atoms with Crippen molar-refractivity contribution >= 4 is 28.4 Å². The Bertz CT molecular complexity index is 904. The van der Waals surface area contributed by atoms with Gasteiger partial charge in [0.1, 0.15) is 5.82 Å². The van der Waals surface area contributed by atoms with Crippen molar-refractivity contribution < 1.29 is 27.9 Å². The Hall–Kier alpha value is -2.67. The molecule has 2 aromatic heterocycles. The number of hydrogen-bond acceptors (Lipinski definition) is 6. The molecule has 0 aliphatic carbocycles. The summed E-state index contributed by atoms with van der Waals surface area (Å²) in [6, 6.07) is -0.587. The average molecular weight is 460 g/mol. The van der Waals surface area contributed by atoms with Gasteiger partial charge in [-0.05, 0) is 12.8 Å². The van der Waals surface area contributed by atoms with Crippen molar-refractivity contribution in [1.29, 1.82) is 0 Å². The minimum atomic E-state index is -4.97. The van der Waals surface area contributed by atoms with Crippen LogP contribution < -0.4 is 10.6 Å². The normalized spacial score (nSPS) is 19.0. The van der Waals surface area contributed by atoms with Gasteiger partial charge in [-0.15, -0.1) is 11.3 Å². The first-order chi connectivity index (χ1) is 14.6. The Kier molecular flexibility index (Phi) is 6.84. The van der Waals surface area contributed by atoms with Crippen molar-refractivity contribution in [3.8, 4) is 0 Å². The van der Waals surface area contributed by atoms with Gasteiger partial charge >= 0.3 is 12.2 Å². The van der Waals surface area contributed by atoms with Gasteiger partial charge < -0.3 is 25.2 Å². The van der Waals surface area contributed by atoms with Gasteiger partial charge in [-0.2, -0.15) is 13.2 Å². The highest BCUT2D eigenvalue weighted by Gasteiger charge is 2.57. The summed E-state index contributed by atoms with van der Waals surface area (Å²) in [5.41, 5.74) is -3.20. The van der Waals surface area contributed by atoms with E-state index in [4.69, 9.17) is 0 Å². The van der Waals surface area contributed by atoms with E-state index in [0.29, 0.717) is 24.5 Å². The smallest absolute Gasteiger partial charge is 0.374 e. The highest BCUT2D eigenvalue weighted by Crippen LogP contribution is 2.40. The summed E-state index contributed by atoms with van der Waals surface area (Å²) >= 11 is 1.28. The number of imidazole rings is 1. The topological polar surface area (TPSA) is 112 Å². The molecule has 2 aromatic rings. The fourth-order valence-corrected chi connectivity index (χ4v) is 4.01. The van der Waals surface area contributed by atoms with E-state index in [1.54, 1.807) is 11.6 Å². The number of hydrogen-bond donors (Lipinski definition) is 3. The molecule has 1 fully saturated rings. The Morgan fingerprint density at radius 1 is 1.32 bits per heavy atom. The number of alkyl halides is 3. The number of halogens is 3. The van der Waals surface area contributed by atoms with Crippen molar-refractivity contribution in [2.45, 2.75) is 31.0 Å². The molecular weight excluding hydrogens is 437 g/mol. The second-order valence-corrected chi connectivity index (χ2v) is 8.21. The number of rotatable bonds is 6. The second kappa shape index (κ2) is 9.22. The molecule has 3 rings (SSSR count). The van der Waals surface area contributed by atoms with E-state index in [-0.39, 0.29) is 12.5 Å². The number of nitrogens with one attached hydrogen (secondary N) is 2. The van der Waals surface area contributed by atoms with Crippen LogP contribution in [0.3, 0.4) is 0 Å². The molecule has 3 amide bonds. The van der Waals surface area contributed by atoms with E-state index >= 15 is 0 Å². The lowest BCUT2D eigenvalue weighted by Crippen LogP contribution is -2.50. The minimum Gasteiger partial charge on any atom is -0.374 e. The van der Waals surface area contributed by atoms with Gasteiger partial charge in [-0.1, -0.05) is 0 Å². The van der Waals surface area contributed by atoms with Gasteiger partial charge in [0.05, 0.1) is 5.92 Å². The second-order valence-electron chi connectivity index (χ2n) is 7.31. The van der Waals surface area contributed by atoms with Crippen LogP contribution in [0.1, 0.15) is 25.1 Å². The number of aromatic nitrogens is 3. The summed E-state index contributed by atoms with van der Waals surface area (Å²) in [5.74, 6) is -1.25. The molecule has 0 aromatic carbocycles. The van der Waals surface area contributed by atoms with Crippen LogP contribution in [0, 0.1) is 5.92 Å². The molecule has 9 nitrogen and oxygen atoms in total. The first kappa shape index (κ1) is 23.0. The van der Waals surface area contributed by atoms with E-state index in [9.17, 15) is 27.9 Å². The first-order valence-electron chi connectivity index (χ1n) is 9.62. The number of anilines is 1. The maximum atomic E-state index is 13.5. The van der Waals surface area contributed by atoms with Gasteiger partial charge in [-0.25, -0.2) is 14.8 Å². The maximum Gasteiger partial charge on any atom is 0.424 e. The van der Waals surface area contributed by atoms with Crippen molar-refractivity contribution in [3.05, 3.63) is 29.8 Å². The van der Waals surface area contributed by atoms with Gasteiger partial charge in [0.25, 0.3) is 0 Å². The summed E-state index contributed by atoms with van der Waals surface area (Å²) in [6.07, 6.45) is -0.564. The zero-order valence-electron chi connectivity index (χ0n) is 16.7. The Morgan fingerprint density at radius 3 is 2.71 bits per heavy atom. The molecule has 2 unspecified atom stereocenters. The third kappa shape index (κ3) is 5.15. The number of piperidine rings is 1. The van der Waals surface area contributed by atoms with E-state index in [1.165, 1.54) is 29.5 Å². The molecule has 1 aliphatic rings. The summed E-state index contributed by atoms with van der Waals surface area (Å²) in [4.78, 5) is 33.8. The molecule has 2 atom stereocenters. The predicted octanol–water partition coefficient (Wildman–Crippen LogP) is 2.08. The van der Waals surface area contributed by atoms with Gasteiger partial charge in [0, 0.05) is 57.1 Å². The predicted molar refractivity (Wildman–Crippen MR) is 106 cm³/mol. The number of aliphatic hydroxyl groups is 1. The van der Waals surface area contributed by atoms with Crippen LogP contribution in [0.4, 0.5) is 23.1 Å². The molecule has 170 valence electrons. The Labute approximate surface area is 180 Å². The first-order valence-corrected chi connectivity index (χ1v) is 10.5. The maximum absolute atomic E-state index is 13.5. The Morgan fingerprint density at radius 2 is 2.10 bits per heavy atom. The molecule has 3 heterocycles. The number of likely N-dealkylation sites (tertiary alicyclic amines) is 1. The number of carbonyl (C=O) groups is 2. The van der Waals surface area contributed by atoms with Crippen LogP contribution in [-0.2, 0) is 17.4 Å². The lowest BCUT2D eigenvalue weighted by Gasteiger charge is -2.33. The van der Waals surface area contributed by atoms with E-state index in [0.717, 1.165) is 10.8 Å². The molecule has 0 radical (unpaired) electrons. The zero-order chi connectivity index (χ0) is 22.6. The van der Waals surface area contributed by atoms with Crippen molar-refractivity contribution in [1.82, 2.24) is 24.8 Å². The Balaban J connectivity index is 1.56. The SMILES string of the molecule is Cn1ccnc1C(O)(CCNC(=O)N1CCCC(C(=O)Nc2nccs2)C1)C(F)(F)F. The van der Waals surface area contributed by atoms with Crippen molar-refractivity contribution in [3.63, 3.8) is 0 Å². The van der Waals surface area contributed by atoms with E-state index in [1.807, 2.05) is 0 Å². The van der Waals surface area contributed by atoms with Crippen molar-refractivity contribution in [2.75, 3.05) is 25.0 Å². The third-order valence-electron chi connectivity index (χ3n) is 5.16. The molecule has 3 N–H and O–H groups in total. The minimum absolute atomic E-state index is 0.145. The summed E-state index contributed by atoms with van der Waals surface area (Å²) in [6.45, 7) is 0.107. The molecule has 0 saturated carbocycles. The molecule has 0 spiro atoms. The number of urea groups is 1. The van der Waals surface area contributed by atoms with Crippen LogP contribution in [-0.4, -0.2) is 62.3 Å². The third-order valence-corrected chi connectivity index (χ3v) is 5.85. The molecule has 31 heavy (non-hydrogen) atoms. The standard InChI is InChI=1S/C18H23F3N6O3S/c1-26-9-6-22-14(26)17(30,18(19,20)21)4-5-24-16(29)27-8-2-3-12(11-27)13(28)25-15-23-7-10-31-15/h6-7,9-10,12,30H,2-5,8,11H2,1H3,(H,24,29)(H,23,25,28). The van der Waals surface area contributed by atoms with Crippen LogP contribution in [0.5, 0.6) is 0 Å². The number of nitrogens with zero attached hydrogens (tertiary/aromatic N) is 4. The summed E-state index contributed by atoms with van der Waals surface area (Å²) < 4.78 is 41.7. The monoisotopic (exact) mass is 460 g/mol. The number of amides is 3. The van der Waals surface area contributed by atoms with Crippen LogP contribution in [0.25, 0.3) is 0 Å². The molecule has 1 aliphatic heterocycles. The van der Waals surface area contributed by atoms with E-state index < -0.39 is 42.5 Å². The largest absolute Gasteiger partial charge is 0.424 e. The highest BCUT2D eigenvalue weighted by molar-refractivity contribution is 7.13. The lowest BCUT2D eigenvalue weighted by atomic mass is 9.97. The number of aryl methyl sites for hydroxylation is 1.